The topological polar surface area (TPSA) is 29.1 Å². The maximum absolute atomic E-state index is 13.0. The molecule has 0 aliphatic carbocycles. The van der Waals surface area contributed by atoms with E-state index in [1.54, 1.807) is 0 Å². The molecule has 2 nitrogen and oxygen atoms in total. The molecular weight excluding hydrogens is 289 g/mol. The standard InChI is InChI=1S/C19H32NOP/c1-5-17(22(4)13-8-6-7-9-14-22)19(21)20-18-15(2)11-10-12-16(18)3/h10-12,17,22H,5-9,13-14H2,1-4H3,(H,20,21). The number of hydrogen-bond donors (Lipinski definition) is 1. The molecule has 1 heterocycles. The van der Waals surface area contributed by atoms with Crippen LogP contribution in [0.4, 0.5) is 5.69 Å². The Morgan fingerprint density at radius 1 is 1.14 bits per heavy atom. The van der Waals surface area contributed by atoms with Crippen LogP contribution < -0.4 is 5.32 Å². The number of para-hydroxylation sites is 1. The first-order valence-corrected chi connectivity index (χ1v) is 11.8. The molecule has 2 rings (SSSR count). The van der Waals surface area contributed by atoms with Gasteiger partial charge >= 0.3 is 136 Å². The number of aryl methyl sites for hydroxylation is 2. The molecule has 1 unspecified atom stereocenters. The number of hydrogen-bond acceptors (Lipinski definition) is 1. The Hall–Kier alpha value is -0.880. The van der Waals surface area contributed by atoms with Crippen molar-refractivity contribution in [1.29, 1.82) is 0 Å². The molecule has 0 spiro atoms. The van der Waals surface area contributed by atoms with Crippen LogP contribution in [0.15, 0.2) is 18.2 Å². The maximum atomic E-state index is 13.0. The van der Waals surface area contributed by atoms with Gasteiger partial charge in [-0.2, -0.15) is 0 Å². The van der Waals surface area contributed by atoms with Gasteiger partial charge in [0.1, 0.15) is 0 Å². The first kappa shape index (κ1) is 17.5. The van der Waals surface area contributed by atoms with Crippen molar-refractivity contribution in [3.8, 4) is 0 Å². The van der Waals surface area contributed by atoms with Gasteiger partial charge in [-0.3, -0.25) is 0 Å². The van der Waals surface area contributed by atoms with Crippen LogP contribution in [0.3, 0.4) is 0 Å². The van der Waals surface area contributed by atoms with Crippen LogP contribution in [-0.4, -0.2) is 30.6 Å². The van der Waals surface area contributed by atoms with Crippen molar-refractivity contribution in [2.45, 2.75) is 58.5 Å². The molecule has 1 aromatic rings. The second-order valence-corrected chi connectivity index (χ2v) is 12.3. The van der Waals surface area contributed by atoms with E-state index in [9.17, 15) is 4.79 Å². The molecule has 1 N–H and O–H groups in total. The SMILES string of the molecule is CCC(C(=O)Nc1c(C)cccc1C)[PH]1(C)CCCCCC1. The van der Waals surface area contributed by atoms with Gasteiger partial charge in [0.05, 0.1) is 0 Å². The van der Waals surface area contributed by atoms with Crippen molar-refractivity contribution in [2.24, 2.45) is 0 Å². The van der Waals surface area contributed by atoms with Crippen LogP contribution in [0.2, 0.25) is 0 Å². The third-order valence-corrected chi connectivity index (χ3v) is 10.9. The van der Waals surface area contributed by atoms with Gasteiger partial charge in [-0.05, 0) is 0 Å². The minimum atomic E-state index is -1.48. The predicted octanol–water partition coefficient (Wildman–Crippen LogP) is 4.97. The molecule has 0 bridgehead atoms. The number of carbonyl (C=O) groups is 1. The minimum absolute atomic E-state index is 0.254. The van der Waals surface area contributed by atoms with Crippen LogP contribution >= 0.6 is 7.26 Å². The van der Waals surface area contributed by atoms with Gasteiger partial charge in [-0.25, -0.2) is 0 Å². The third kappa shape index (κ3) is 3.90. The van der Waals surface area contributed by atoms with E-state index < -0.39 is 7.26 Å². The normalized spacial score (nSPS) is 20.7. The number of carbonyl (C=O) groups excluding carboxylic acids is 1. The van der Waals surface area contributed by atoms with Gasteiger partial charge in [0.2, 0.25) is 0 Å². The van der Waals surface area contributed by atoms with E-state index >= 15 is 0 Å². The van der Waals surface area contributed by atoms with E-state index in [0.29, 0.717) is 0 Å². The monoisotopic (exact) mass is 321 g/mol. The summed E-state index contributed by atoms with van der Waals surface area (Å²) < 4.78 is 0. The van der Waals surface area contributed by atoms with Gasteiger partial charge in [-0.1, -0.05) is 0 Å². The summed E-state index contributed by atoms with van der Waals surface area (Å²) in [5.74, 6) is 0.274. The average Bonchev–Trinajstić information content (AvgIpc) is 2.69. The van der Waals surface area contributed by atoms with Crippen molar-refractivity contribution in [3.63, 3.8) is 0 Å². The van der Waals surface area contributed by atoms with Crippen LogP contribution in [0.1, 0.15) is 50.2 Å². The van der Waals surface area contributed by atoms with Crippen molar-refractivity contribution in [3.05, 3.63) is 29.3 Å². The number of nitrogens with one attached hydrogen (secondary N) is 1. The van der Waals surface area contributed by atoms with Crippen LogP contribution in [0.25, 0.3) is 0 Å². The molecule has 1 atom stereocenters. The zero-order valence-corrected chi connectivity index (χ0v) is 15.7. The second-order valence-electron chi connectivity index (χ2n) is 7.29. The Labute approximate surface area is 136 Å². The molecule has 0 radical (unpaired) electrons. The van der Waals surface area contributed by atoms with E-state index in [1.165, 1.54) is 38.0 Å². The molecule has 1 aromatic carbocycles. The molecule has 1 amide bonds. The van der Waals surface area contributed by atoms with Gasteiger partial charge in [0.15, 0.2) is 0 Å². The molecule has 124 valence electrons. The van der Waals surface area contributed by atoms with E-state index in [2.05, 4.69) is 51.0 Å². The fourth-order valence-electron chi connectivity index (χ4n) is 4.10. The number of amides is 1. The Kier molecular flexibility index (Phi) is 6.03. The molecule has 3 heteroatoms. The summed E-state index contributed by atoms with van der Waals surface area (Å²) in [5, 5.41) is 3.27. The Balaban J connectivity index is 2.18. The van der Waals surface area contributed by atoms with Crippen LogP contribution in [-0.2, 0) is 4.79 Å². The van der Waals surface area contributed by atoms with E-state index in [-0.39, 0.29) is 11.6 Å². The van der Waals surface area contributed by atoms with Gasteiger partial charge < -0.3 is 0 Å². The fourth-order valence-corrected chi connectivity index (χ4v) is 8.85. The molecule has 1 aliphatic heterocycles. The summed E-state index contributed by atoms with van der Waals surface area (Å²) in [6, 6.07) is 6.21. The van der Waals surface area contributed by atoms with Crippen LogP contribution in [0.5, 0.6) is 0 Å². The van der Waals surface area contributed by atoms with E-state index in [1.807, 2.05) is 0 Å². The van der Waals surface area contributed by atoms with E-state index in [4.69, 9.17) is 0 Å². The summed E-state index contributed by atoms with van der Waals surface area (Å²) in [6.07, 6.45) is 9.01. The van der Waals surface area contributed by atoms with Gasteiger partial charge in [0.25, 0.3) is 0 Å². The summed E-state index contributed by atoms with van der Waals surface area (Å²) in [7, 11) is -1.48. The number of benzene rings is 1. The van der Waals surface area contributed by atoms with E-state index in [0.717, 1.165) is 23.2 Å². The third-order valence-electron chi connectivity index (χ3n) is 5.54. The predicted molar refractivity (Wildman–Crippen MR) is 101 cm³/mol. The number of anilines is 1. The first-order chi connectivity index (χ1) is 10.5. The van der Waals surface area contributed by atoms with Crippen molar-refractivity contribution in [1.82, 2.24) is 0 Å². The van der Waals surface area contributed by atoms with Crippen molar-refractivity contribution >= 4 is 18.9 Å². The molecule has 1 aliphatic rings. The molecule has 1 saturated heterocycles. The molecular formula is C19H32NOP. The quantitative estimate of drug-likeness (QED) is 0.779. The molecule has 22 heavy (non-hydrogen) atoms. The summed E-state index contributed by atoms with van der Waals surface area (Å²) in [6.45, 7) is 8.82. The van der Waals surface area contributed by atoms with Crippen molar-refractivity contribution in [2.75, 3.05) is 24.3 Å². The van der Waals surface area contributed by atoms with Gasteiger partial charge in [-0.15, -0.1) is 0 Å². The number of rotatable bonds is 4. The molecule has 0 aromatic heterocycles. The second kappa shape index (κ2) is 7.59. The van der Waals surface area contributed by atoms with Crippen LogP contribution in [0, 0.1) is 13.8 Å². The summed E-state index contributed by atoms with van der Waals surface area (Å²) in [4.78, 5) is 13.0. The van der Waals surface area contributed by atoms with Crippen molar-refractivity contribution < 1.29 is 4.79 Å². The molecule has 1 fully saturated rings. The molecule has 0 saturated carbocycles. The Morgan fingerprint density at radius 2 is 1.68 bits per heavy atom. The fraction of sp³-hybridized carbons (Fsp3) is 0.632. The summed E-state index contributed by atoms with van der Waals surface area (Å²) >= 11 is 0. The average molecular weight is 321 g/mol. The Morgan fingerprint density at radius 3 is 2.18 bits per heavy atom. The van der Waals surface area contributed by atoms with Gasteiger partial charge in [0, 0.05) is 0 Å². The zero-order valence-electron chi connectivity index (χ0n) is 14.7. The Bertz CT molecular complexity index is 498. The zero-order chi connectivity index (χ0) is 16.2. The first-order valence-electron chi connectivity index (χ1n) is 8.85. The summed E-state index contributed by atoms with van der Waals surface area (Å²) in [5.41, 5.74) is 3.61.